The molecule has 10 nitrogen and oxygen atoms in total. The molecule has 1 amide bonds. The maximum absolute atomic E-state index is 12.4. The van der Waals surface area contributed by atoms with E-state index in [2.05, 4.69) is 15.5 Å². The van der Waals surface area contributed by atoms with Crippen LogP contribution < -0.4 is 15.2 Å². The quantitative estimate of drug-likeness (QED) is 0.751. The average Bonchev–Trinajstić information content (AvgIpc) is 3.23. The monoisotopic (exact) mass is 346 g/mol. The van der Waals surface area contributed by atoms with Crippen LogP contribution in [0.15, 0.2) is 18.2 Å². The van der Waals surface area contributed by atoms with E-state index in [1.807, 2.05) is 18.2 Å². The third-order valence-corrected chi connectivity index (χ3v) is 4.60. The molecule has 0 unspecified atom stereocenters. The number of ether oxygens (including phenoxy) is 2. The summed E-state index contributed by atoms with van der Waals surface area (Å²) in [6, 6.07) is 5.68. The molecule has 25 heavy (non-hydrogen) atoms. The number of anilines is 1. The Morgan fingerprint density at radius 3 is 2.96 bits per heavy atom. The molecule has 0 spiro atoms. The van der Waals surface area contributed by atoms with Gasteiger partial charge in [-0.1, -0.05) is 11.2 Å². The number of fused-ring (bicyclic) bond motifs is 1. The summed E-state index contributed by atoms with van der Waals surface area (Å²) in [4.78, 5) is 14.0. The molecule has 1 fully saturated rings. The smallest absolute Gasteiger partial charge is 0.244 e. The fourth-order valence-electron chi connectivity index (χ4n) is 3.24. The molecule has 3 heterocycles. The Balaban J connectivity index is 1.42. The molecule has 0 saturated carbocycles. The van der Waals surface area contributed by atoms with Crippen LogP contribution in [0.4, 0.5) is 5.95 Å². The second kappa shape index (κ2) is 6.20. The molecule has 10 heteroatoms. The number of piperidine rings is 1. The Hall–Kier alpha value is -2.88. The van der Waals surface area contributed by atoms with Crippen LogP contribution in [-0.4, -0.2) is 62.1 Å². The van der Waals surface area contributed by atoms with Crippen LogP contribution >= 0.6 is 0 Å². The van der Waals surface area contributed by atoms with E-state index in [1.165, 1.54) is 4.68 Å². The summed E-state index contributed by atoms with van der Waals surface area (Å²) in [7, 11) is 0. The van der Waals surface area contributed by atoms with Crippen molar-refractivity contribution >= 4 is 11.9 Å². The number of nitrogens with zero attached hydrogens (tertiary/aromatic N) is 5. The Bertz CT molecular complexity index is 794. The number of likely N-dealkylation sites (tertiary alicyclic amines) is 1. The predicted molar refractivity (Wildman–Crippen MR) is 84.7 cm³/mol. The minimum absolute atomic E-state index is 0.0414. The standard InChI is InChI=1S/C15H18N6O4/c16-15-17-18-19-21(15)7-14(23)20-4-3-10(11(22)6-20)9-1-2-12-13(5-9)25-8-24-12/h1-2,5,10-11,22H,3-4,6-8H2,(H2,16,17,19)/t10-,11+/m0/s1. The number of amides is 1. The fourth-order valence-corrected chi connectivity index (χ4v) is 3.24. The highest BCUT2D eigenvalue weighted by molar-refractivity contribution is 5.76. The second-order valence-electron chi connectivity index (χ2n) is 6.11. The zero-order valence-electron chi connectivity index (χ0n) is 13.4. The minimum atomic E-state index is -0.663. The van der Waals surface area contributed by atoms with Gasteiger partial charge in [0, 0.05) is 19.0 Å². The highest BCUT2D eigenvalue weighted by Crippen LogP contribution is 2.37. The summed E-state index contributed by atoms with van der Waals surface area (Å²) >= 11 is 0. The first-order valence-corrected chi connectivity index (χ1v) is 7.99. The van der Waals surface area contributed by atoms with Crippen molar-refractivity contribution in [3.05, 3.63) is 23.8 Å². The average molecular weight is 346 g/mol. The lowest BCUT2D eigenvalue weighted by atomic mass is 9.87. The number of rotatable bonds is 3. The van der Waals surface area contributed by atoms with Gasteiger partial charge in [-0.15, -0.1) is 0 Å². The molecule has 2 aliphatic rings. The molecule has 132 valence electrons. The number of hydrogen-bond acceptors (Lipinski definition) is 8. The predicted octanol–water partition coefficient (Wildman–Crippen LogP) is -0.639. The van der Waals surface area contributed by atoms with E-state index in [0.717, 1.165) is 5.56 Å². The summed E-state index contributed by atoms with van der Waals surface area (Å²) in [5.41, 5.74) is 6.55. The largest absolute Gasteiger partial charge is 0.454 e. The Morgan fingerprint density at radius 1 is 1.36 bits per heavy atom. The lowest BCUT2D eigenvalue weighted by molar-refractivity contribution is -0.135. The van der Waals surface area contributed by atoms with Crippen LogP contribution in [0, 0.1) is 0 Å². The number of aromatic nitrogens is 4. The minimum Gasteiger partial charge on any atom is -0.454 e. The summed E-state index contributed by atoms with van der Waals surface area (Å²) in [5.74, 6) is 1.25. The van der Waals surface area contributed by atoms with E-state index in [1.54, 1.807) is 4.90 Å². The van der Waals surface area contributed by atoms with E-state index in [-0.39, 0.29) is 37.7 Å². The van der Waals surface area contributed by atoms with Crippen molar-refractivity contribution in [3.63, 3.8) is 0 Å². The maximum Gasteiger partial charge on any atom is 0.244 e. The van der Waals surface area contributed by atoms with Crippen LogP contribution in [0.1, 0.15) is 17.9 Å². The van der Waals surface area contributed by atoms with Crippen molar-refractivity contribution in [1.82, 2.24) is 25.1 Å². The molecule has 4 rings (SSSR count). The van der Waals surface area contributed by atoms with Crippen LogP contribution in [0.25, 0.3) is 0 Å². The first-order chi connectivity index (χ1) is 12.1. The molecule has 2 aliphatic heterocycles. The molecule has 2 atom stereocenters. The maximum atomic E-state index is 12.4. The van der Waals surface area contributed by atoms with E-state index in [9.17, 15) is 9.90 Å². The van der Waals surface area contributed by atoms with Crippen molar-refractivity contribution in [3.8, 4) is 11.5 Å². The Labute approximate surface area is 143 Å². The van der Waals surface area contributed by atoms with Crippen molar-refractivity contribution in [2.75, 3.05) is 25.6 Å². The van der Waals surface area contributed by atoms with Gasteiger partial charge in [0.1, 0.15) is 6.54 Å². The van der Waals surface area contributed by atoms with Gasteiger partial charge < -0.3 is 25.2 Å². The van der Waals surface area contributed by atoms with Crippen molar-refractivity contribution in [2.24, 2.45) is 0 Å². The van der Waals surface area contributed by atoms with Crippen LogP contribution in [0.5, 0.6) is 11.5 Å². The van der Waals surface area contributed by atoms with E-state index in [0.29, 0.717) is 24.5 Å². The molecule has 3 N–H and O–H groups in total. The number of carbonyl (C=O) groups excluding carboxylic acids is 1. The molecule has 0 bridgehead atoms. The van der Waals surface area contributed by atoms with Gasteiger partial charge in [-0.05, 0) is 34.5 Å². The number of nitrogens with two attached hydrogens (primary N) is 1. The van der Waals surface area contributed by atoms with Gasteiger partial charge in [-0.2, -0.15) is 0 Å². The van der Waals surface area contributed by atoms with Gasteiger partial charge in [0.2, 0.25) is 18.6 Å². The lowest BCUT2D eigenvalue weighted by Gasteiger charge is -2.36. The normalized spacial score (nSPS) is 22.2. The van der Waals surface area contributed by atoms with E-state index < -0.39 is 6.10 Å². The highest BCUT2D eigenvalue weighted by atomic mass is 16.7. The molecule has 2 aromatic rings. The molecular weight excluding hydrogens is 328 g/mol. The molecule has 1 aromatic heterocycles. The van der Waals surface area contributed by atoms with Gasteiger partial charge in [-0.25, -0.2) is 4.68 Å². The number of carbonyl (C=O) groups is 1. The van der Waals surface area contributed by atoms with E-state index in [4.69, 9.17) is 15.2 Å². The topological polar surface area (TPSA) is 129 Å². The number of nitrogen functional groups attached to an aromatic ring is 1. The number of aliphatic hydroxyl groups is 1. The van der Waals surface area contributed by atoms with Crippen molar-refractivity contribution in [2.45, 2.75) is 25.0 Å². The number of aliphatic hydroxyl groups excluding tert-OH is 1. The van der Waals surface area contributed by atoms with Crippen molar-refractivity contribution < 1.29 is 19.4 Å². The van der Waals surface area contributed by atoms with E-state index >= 15 is 0 Å². The fraction of sp³-hybridized carbons (Fsp3) is 0.467. The van der Waals surface area contributed by atoms with Gasteiger partial charge in [0.25, 0.3) is 0 Å². The molecule has 0 radical (unpaired) electrons. The van der Waals surface area contributed by atoms with Gasteiger partial charge in [0.05, 0.1) is 6.10 Å². The van der Waals surface area contributed by atoms with Gasteiger partial charge in [-0.3, -0.25) is 4.79 Å². The number of hydrogen-bond donors (Lipinski definition) is 2. The summed E-state index contributed by atoms with van der Waals surface area (Å²) in [5, 5.41) is 21.2. The summed E-state index contributed by atoms with van der Waals surface area (Å²) in [6.07, 6.45) is -0.0123. The van der Waals surface area contributed by atoms with Crippen molar-refractivity contribution in [1.29, 1.82) is 0 Å². The molecule has 1 aromatic carbocycles. The third-order valence-electron chi connectivity index (χ3n) is 4.60. The molecule has 1 saturated heterocycles. The molecular formula is C15H18N6O4. The zero-order valence-corrected chi connectivity index (χ0v) is 13.4. The SMILES string of the molecule is Nc1nnnn1CC(=O)N1CC[C@@H](c2ccc3c(c2)OCO3)[C@H](O)C1. The first kappa shape index (κ1) is 15.6. The Morgan fingerprint density at radius 2 is 2.20 bits per heavy atom. The third kappa shape index (κ3) is 2.95. The van der Waals surface area contributed by atoms with Crippen LogP contribution in [0.3, 0.4) is 0 Å². The molecule has 0 aliphatic carbocycles. The first-order valence-electron chi connectivity index (χ1n) is 7.99. The summed E-state index contributed by atoms with van der Waals surface area (Å²) < 4.78 is 11.9. The lowest BCUT2D eigenvalue weighted by Crippen LogP contribution is -2.46. The number of tetrazole rings is 1. The second-order valence-corrected chi connectivity index (χ2v) is 6.11. The van der Waals surface area contributed by atoms with Gasteiger partial charge in [0.15, 0.2) is 11.5 Å². The number of benzene rings is 1. The van der Waals surface area contributed by atoms with Crippen LogP contribution in [-0.2, 0) is 11.3 Å². The zero-order chi connectivity index (χ0) is 17.4. The highest BCUT2D eigenvalue weighted by Gasteiger charge is 2.32. The van der Waals surface area contributed by atoms with Gasteiger partial charge >= 0.3 is 0 Å². The number of β-amino-alcohol motifs (C(OH)–C–C–N with tert-alkyl or cyclic N) is 1. The Kier molecular flexibility index (Phi) is 3.88. The van der Waals surface area contributed by atoms with Crippen LogP contribution in [0.2, 0.25) is 0 Å². The summed E-state index contributed by atoms with van der Waals surface area (Å²) in [6.45, 7) is 0.964.